The zero-order valence-corrected chi connectivity index (χ0v) is 11.8. The van der Waals surface area contributed by atoms with Crippen LogP contribution in [0, 0.1) is 0 Å². The van der Waals surface area contributed by atoms with Crippen molar-refractivity contribution >= 4 is 17.4 Å². The molecule has 0 unspecified atom stereocenters. The van der Waals surface area contributed by atoms with Crippen molar-refractivity contribution in [3.8, 4) is 0 Å². The Morgan fingerprint density at radius 3 is 3.11 bits per heavy atom. The van der Waals surface area contributed by atoms with Crippen LogP contribution in [0.3, 0.4) is 0 Å². The molecular weight excluding hydrogens is 260 g/mol. The lowest BCUT2D eigenvalue weighted by Crippen LogP contribution is -2.20. The minimum atomic E-state index is 0.601. The van der Waals surface area contributed by atoms with Gasteiger partial charge in [0.25, 0.3) is 0 Å². The van der Waals surface area contributed by atoms with E-state index in [0.717, 1.165) is 13.0 Å². The number of likely N-dealkylation sites (N-methyl/N-ethyl adjacent to an activating group) is 1. The first kappa shape index (κ1) is 12.6. The lowest BCUT2D eigenvalue weighted by Gasteiger charge is -2.12. The zero-order chi connectivity index (χ0) is 13.1. The van der Waals surface area contributed by atoms with Crippen molar-refractivity contribution < 1.29 is 4.42 Å². The Kier molecular flexibility index (Phi) is 3.79. The molecule has 2 heterocycles. The second-order valence-corrected chi connectivity index (χ2v) is 5.92. The Balaban J connectivity index is 1.49. The Bertz CT molecular complexity index is 506. The highest BCUT2D eigenvalue weighted by Gasteiger charge is 2.21. The number of nitrogens with zero attached hydrogens (tertiary/aromatic N) is 3. The Labute approximate surface area is 116 Å². The standard InChI is InChI=1S/C13H18N4OS/c1-17(7-6-11-3-2-8-19-11)13-16-15-12(18-13)9-14-10-4-5-10/h2-3,8,10,14H,4-7,9H2,1H3. The van der Waals surface area contributed by atoms with E-state index in [1.165, 1.54) is 17.7 Å². The van der Waals surface area contributed by atoms with Gasteiger partial charge in [0.05, 0.1) is 6.54 Å². The molecule has 1 N–H and O–H groups in total. The predicted octanol–water partition coefficient (Wildman–Crippen LogP) is 2.06. The number of anilines is 1. The van der Waals surface area contributed by atoms with E-state index in [0.29, 0.717) is 24.5 Å². The van der Waals surface area contributed by atoms with Crippen LogP contribution in [-0.4, -0.2) is 29.8 Å². The van der Waals surface area contributed by atoms with Crippen LogP contribution in [0.1, 0.15) is 23.6 Å². The maximum absolute atomic E-state index is 5.64. The molecule has 0 aromatic carbocycles. The van der Waals surface area contributed by atoms with E-state index in [2.05, 4.69) is 33.0 Å². The zero-order valence-electron chi connectivity index (χ0n) is 11.0. The fraction of sp³-hybridized carbons (Fsp3) is 0.538. The third-order valence-electron chi connectivity index (χ3n) is 3.18. The molecule has 0 amide bonds. The summed E-state index contributed by atoms with van der Waals surface area (Å²) >= 11 is 1.78. The fourth-order valence-corrected chi connectivity index (χ4v) is 2.52. The van der Waals surface area contributed by atoms with Crippen LogP contribution < -0.4 is 10.2 Å². The average Bonchev–Trinajstić information content (AvgIpc) is 2.94. The third kappa shape index (κ3) is 3.54. The van der Waals surface area contributed by atoms with Gasteiger partial charge < -0.3 is 14.6 Å². The molecule has 1 aliphatic rings. The van der Waals surface area contributed by atoms with Gasteiger partial charge in [0, 0.05) is 24.5 Å². The molecule has 2 aromatic rings. The molecule has 6 heteroatoms. The van der Waals surface area contributed by atoms with Crippen molar-refractivity contribution in [2.75, 3.05) is 18.5 Å². The van der Waals surface area contributed by atoms with Gasteiger partial charge in [0.15, 0.2) is 0 Å². The summed E-state index contributed by atoms with van der Waals surface area (Å²) in [5.74, 6) is 0.671. The first-order valence-electron chi connectivity index (χ1n) is 6.60. The summed E-state index contributed by atoms with van der Waals surface area (Å²) in [5, 5.41) is 13.6. The Morgan fingerprint density at radius 1 is 1.47 bits per heavy atom. The number of hydrogen-bond donors (Lipinski definition) is 1. The topological polar surface area (TPSA) is 54.2 Å². The van der Waals surface area contributed by atoms with E-state index in [1.807, 2.05) is 11.9 Å². The molecule has 102 valence electrons. The highest BCUT2D eigenvalue weighted by atomic mass is 32.1. The highest BCUT2D eigenvalue weighted by Crippen LogP contribution is 2.19. The van der Waals surface area contributed by atoms with Crippen LogP contribution in [0.15, 0.2) is 21.9 Å². The minimum absolute atomic E-state index is 0.601. The lowest BCUT2D eigenvalue weighted by atomic mass is 10.3. The number of aromatic nitrogens is 2. The smallest absolute Gasteiger partial charge is 0.317 e. The van der Waals surface area contributed by atoms with Crippen molar-refractivity contribution in [1.29, 1.82) is 0 Å². The van der Waals surface area contributed by atoms with Crippen LogP contribution >= 0.6 is 11.3 Å². The molecule has 0 saturated heterocycles. The molecule has 0 atom stereocenters. The van der Waals surface area contributed by atoms with Crippen LogP contribution in [0.4, 0.5) is 6.01 Å². The number of nitrogens with one attached hydrogen (secondary N) is 1. The molecule has 2 aromatic heterocycles. The second kappa shape index (κ2) is 5.71. The third-order valence-corrected chi connectivity index (χ3v) is 4.11. The van der Waals surface area contributed by atoms with Gasteiger partial charge >= 0.3 is 6.01 Å². The summed E-state index contributed by atoms with van der Waals surface area (Å²) in [4.78, 5) is 3.38. The van der Waals surface area contributed by atoms with Gasteiger partial charge in [-0.3, -0.25) is 0 Å². The maximum atomic E-state index is 5.64. The van der Waals surface area contributed by atoms with Crippen molar-refractivity contribution in [3.05, 3.63) is 28.3 Å². The second-order valence-electron chi connectivity index (χ2n) is 4.88. The molecule has 0 aliphatic heterocycles. The van der Waals surface area contributed by atoms with Gasteiger partial charge in [-0.2, -0.15) is 0 Å². The van der Waals surface area contributed by atoms with Gasteiger partial charge in [-0.25, -0.2) is 0 Å². The largest absolute Gasteiger partial charge is 0.407 e. The highest BCUT2D eigenvalue weighted by molar-refractivity contribution is 7.09. The van der Waals surface area contributed by atoms with Crippen molar-refractivity contribution in [1.82, 2.24) is 15.5 Å². The maximum Gasteiger partial charge on any atom is 0.317 e. The molecule has 5 nitrogen and oxygen atoms in total. The molecule has 1 saturated carbocycles. The Morgan fingerprint density at radius 2 is 2.37 bits per heavy atom. The normalized spacial score (nSPS) is 14.8. The summed E-state index contributed by atoms with van der Waals surface area (Å²) in [6.45, 7) is 1.56. The minimum Gasteiger partial charge on any atom is -0.407 e. The predicted molar refractivity (Wildman–Crippen MR) is 75.5 cm³/mol. The van der Waals surface area contributed by atoms with Crippen LogP contribution in [0.2, 0.25) is 0 Å². The lowest BCUT2D eigenvalue weighted by molar-refractivity contribution is 0.464. The molecule has 0 spiro atoms. The molecule has 0 radical (unpaired) electrons. The van der Waals surface area contributed by atoms with Gasteiger partial charge in [0.1, 0.15) is 0 Å². The van der Waals surface area contributed by atoms with E-state index >= 15 is 0 Å². The Hall–Kier alpha value is -1.40. The van der Waals surface area contributed by atoms with Gasteiger partial charge in [-0.15, -0.1) is 16.4 Å². The van der Waals surface area contributed by atoms with E-state index in [1.54, 1.807) is 11.3 Å². The van der Waals surface area contributed by atoms with E-state index < -0.39 is 0 Å². The van der Waals surface area contributed by atoms with E-state index in [9.17, 15) is 0 Å². The quantitative estimate of drug-likeness (QED) is 0.840. The summed E-state index contributed by atoms with van der Waals surface area (Å²) in [5.41, 5.74) is 0. The monoisotopic (exact) mass is 278 g/mol. The summed E-state index contributed by atoms with van der Waals surface area (Å²) < 4.78 is 5.64. The van der Waals surface area contributed by atoms with Crippen molar-refractivity contribution in [3.63, 3.8) is 0 Å². The number of thiophene rings is 1. The molecule has 0 bridgehead atoms. The summed E-state index contributed by atoms with van der Waals surface area (Å²) in [7, 11) is 1.99. The van der Waals surface area contributed by atoms with Gasteiger partial charge in [0.2, 0.25) is 5.89 Å². The van der Waals surface area contributed by atoms with Crippen LogP contribution in [-0.2, 0) is 13.0 Å². The molecule has 1 aliphatic carbocycles. The first-order valence-corrected chi connectivity index (χ1v) is 7.48. The van der Waals surface area contributed by atoms with Crippen LogP contribution in [0.25, 0.3) is 0 Å². The molecule has 19 heavy (non-hydrogen) atoms. The van der Waals surface area contributed by atoms with Crippen molar-refractivity contribution in [2.45, 2.75) is 31.8 Å². The van der Waals surface area contributed by atoms with Gasteiger partial charge in [-0.05, 0) is 30.7 Å². The van der Waals surface area contributed by atoms with Crippen molar-refractivity contribution in [2.24, 2.45) is 0 Å². The van der Waals surface area contributed by atoms with E-state index in [-0.39, 0.29) is 0 Å². The molecule has 1 fully saturated rings. The SMILES string of the molecule is CN(CCc1cccs1)c1nnc(CNC2CC2)o1. The number of hydrogen-bond acceptors (Lipinski definition) is 6. The molecular formula is C13H18N4OS. The first-order chi connectivity index (χ1) is 9.31. The fourth-order valence-electron chi connectivity index (χ4n) is 1.82. The van der Waals surface area contributed by atoms with E-state index in [4.69, 9.17) is 4.42 Å². The molecule has 3 rings (SSSR count). The summed E-state index contributed by atoms with van der Waals surface area (Å²) in [6.07, 6.45) is 3.54. The van der Waals surface area contributed by atoms with Gasteiger partial charge in [-0.1, -0.05) is 11.2 Å². The van der Waals surface area contributed by atoms with Crippen LogP contribution in [0.5, 0.6) is 0 Å². The average molecular weight is 278 g/mol. The number of rotatable bonds is 7. The summed E-state index contributed by atoms with van der Waals surface area (Å²) in [6, 6.07) is 5.49.